The van der Waals surface area contributed by atoms with Crippen LogP contribution in [-0.2, 0) is 6.42 Å². The zero-order valence-electron chi connectivity index (χ0n) is 10.6. The van der Waals surface area contributed by atoms with Gasteiger partial charge in [0.25, 0.3) is 5.91 Å². The van der Waals surface area contributed by atoms with Crippen LogP contribution in [0.1, 0.15) is 15.9 Å². The van der Waals surface area contributed by atoms with Crippen LogP contribution < -0.4 is 5.32 Å². The van der Waals surface area contributed by atoms with Gasteiger partial charge >= 0.3 is 0 Å². The van der Waals surface area contributed by atoms with Crippen LogP contribution in [-0.4, -0.2) is 17.6 Å². The van der Waals surface area contributed by atoms with Crippen LogP contribution in [0.3, 0.4) is 0 Å². The molecule has 2 aromatic rings. The highest BCUT2D eigenvalue weighted by Gasteiger charge is 2.08. The fraction of sp³-hybridized carbons (Fsp3) is 0.133. The smallest absolute Gasteiger partial charge is 0.255 e. The van der Waals surface area contributed by atoms with Crippen molar-refractivity contribution >= 4 is 43.5 Å². The fourth-order valence-electron chi connectivity index (χ4n) is 1.77. The summed E-state index contributed by atoms with van der Waals surface area (Å²) in [6.07, 6.45) is 0.618. The molecule has 0 saturated carbocycles. The third-order valence-corrected chi connectivity index (χ3v) is 3.65. The van der Waals surface area contributed by atoms with Crippen LogP contribution in [0.5, 0.6) is 0 Å². The van der Waals surface area contributed by atoms with E-state index in [1.165, 1.54) is 0 Å². The van der Waals surface area contributed by atoms with Gasteiger partial charge in [-0.05, 0) is 42.3 Å². The van der Waals surface area contributed by atoms with Crippen LogP contribution in [0.25, 0.3) is 0 Å². The van der Waals surface area contributed by atoms with E-state index in [0.717, 1.165) is 20.2 Å². The second-order valence-corrected chi connectivity index (χ2v) is 6.11. The van der Waals surface area contributed by atoms with E-state index >= 15 is 0 Å². The molecule has 2 rings (SSSR count). The normalized spacial score (nSPS) is 10.3. The monoisotopic (exact) mass is 397 g/mol. The molecule has 0 unspecified atom stereocenters. The zero-order valence-corrected chi connectivity index (χ0v) is 13.7. The zero-order chi connectivity index (χ0) is 14.5. The van der Waals surface area contributed by atoms with E-state index in [0.29, 0.717) is 12.0 Å². The highest BCUT2D eigenvalue weighted by Crippen LogP contribution is 2.21. The first-order valence-electron chi connectivity index (χ1n) is 6.06. The minimum absolute atomic E-state index is 0.123. The summed E-state index contributed by atoms with van der Waals surface area (Å²) in [4.78, 5) is 12.1. The lowest BCUT2D eigenvalue weighted by Crippen LogP contribution is -2.11. The molecule has 3 nitrogen and oxygen atoms in total. The van der Waals surface area contributed by atoms with Gasteiger partial charge in [-0.15, -0.1) is 0 Å². The van der Waals surface area contributed by atoms with Crippen molar-refractivity contribution in [1.29, 1.82) is 0 Å². The molecule has 0 aliphatic carbocycles. The van der Waals surface area contributed by atoms with Crippen molar-refractivity contribution in [2.75, 3.05) is 11.9 Å². The molecule has 0 heterocycles. The Labute approximate surface area is 134 Å². The highest BCUT2D eigenvalue weighted by molar-refractivity contribution is 9.11. The molecule has 0 aliphatic heterocycles. The maximum Gasteiger partial charge on any atom is 0.255 e. The van der Waals surface area contributed by atoms with Gasteiger partial charge in [-0.3, -0.25) is 4.79 Å². The number of nitrogens with one attached hydrogen (secondary N) is 1. The van der Waals surface area contributed by atoms with Crippen molar-refractivity contribution in [3.63, 3.8) is 0 Å². The van der Waals surface area contributed by atoms with Crippen molar-refractivity contribution in [2.45, 2.75) is 6.42 Å². The lowest BCUT2D eigenvalue weighted by molar-refractivity contribution is 0.102. The van der Waals surface area contributed by atoms with Gasteiger partial charge in [-0.25, -0.2) is 0 Å². The lowest BCUT2D eigenvalue weighted by Gasteiger charge is -2.07. The number of carbonyl (C=O) groups excluding carboxylic acids is 1. The second-order valence-electron chi connectivity index (χ2n) is 4.28. The number of anilines is 1. The molecule has 2 N–H and O–H groups in total. The van der Waals surface area contributed by atoms with E-state index in [-0.39, 0.29) is 12.5 Å². The molecule has 0 bridgehead atoms. The number of hydrogen-bond donors (Lipinski definition) is 2. The number of carbonyl (C=O) groups is 1. The summed E-state index contributed by atoms with van der Waals surface area (Å²) < 4.78 is 1.69. The molecule has 0 saturated heterocycles. The van der Waals surface area contributed by atoms with Gasteiger partial charge in [-0.2, -0.15) is 0 Å². The van der Waals surface area contributed by atoms with Gasteiger partial charge in [0.1, 0.15) is 0 Å². The quantitative estimate of drug-likeness (QED) is 0.817. The Morgan fingerprint density at radius 2 is 1.65 bits per heavy atom. The third kappa shape index (κ3) is 4.16. The topological polar surface area (TPSA) is 49.3 Å². The molecule has 0 aromatic heterocycles. The molecule has 104 valence electrons. The van der Waals surface area contributed by atoms with Gasteiger partial charge < -0.3 is 10.4 Å². The van der Waals surface area contributed by atoms with E-state index in [1.54, 1.807) is 12.1 Å². The van der Waals surface area contributed by atoms with Crippen molar-refractivity contribution in [2.24, 2.45) is 0 Å². The van der Waals surface area contributed by atoms with Gasteiger partial charge in [0.15, 0.2) is 0 Å². The van der Waals surface area contributed by atoms with Crippen molar-refractivity contribution in [3.05, 3.63) is 62.5 Å². The number of aliphatic hydroxyl groups is 1. The van der Waals surface area contributed by atoms with Crippen molar-refractivity contribution in [1.82, 2.24) is 0 Å². The van der Waals surface area contributed by atoms with Crippen LogP contribution in [0.2, 0.25) is 0 Å². The predicted octanol–water partition coefficient (Wildman–Crippen LogP) is 4.00. The molecule has 0 fully saturated rings. The summed E-state index contributed by atoms with van der Waals surface area (Å²) in [6.45, 7) is 0.123. The van der Waals surface area contributed by atoms with Gasteiger partial charge in [0.2, 0.25) is 0 Å². The first-order valence-corrected chi connectivity index (χ1v) is 7.64. The number of hydrogen-bond acceptors (Lipinski definition) is 2. The van der Waals surface area contributed by atoms with E-state index < -0.39 is 0 Å². The fourth-order valence-corrected chi connectivity index (χ4v) is 3.07. The lowest BCUT2D eigenvalue weighted by atomic mass is 10.1. The number of benzene rings is 2. The Balaban J connectivity index is 2.10. The molecule has 0 radical (unpaired) electrons. The van der Waals surface area contributed by atoms with Crippen LogP contribution >= 0.6 is 31.9 Å². The average molecular weight is 399 g/mol. The standard InChI is InChI=1S/C15H13Br2NO2/c16-12-7-11(8-13(17)9-12)15(20)18-14-3-1-10(2-4-14)5-6-19/h1-4,7-9,19H,5-6H2,(H,18,20). The van der Waals surface area contributed by atoms with Gasteiger partial charge in [0.05, 0.1) is 0 Å². The molecule has 2 aromatic carbocycles. The van der Waals surface area contributed by atoms with Gasteiger partial charge in [0, 0.05) is 26.8 Å². The van der Waals surface area contributed by atoms with E-state index in [4.69, 9.17) is 5.11 Å². The molecule has 0 aliphatic rings. The largest absolute Gasteiger partial charge is 0.396 e. The van der Waals surface area contributed by atoms with Crippen molar-refractivity contribution < 1.29 is 9.90 Å². The van der Waals surface area contributed by atoms with E-state index in [9.17, 15) is 4.79 Å². The Kier molecular flexibility index (Phi) is 5.34. The summed E-state index contributed by atoms with van der Waals surface area (Å²) in [6, 6.07) is 12.8. The minimum Gasteiger partial charge on any atom is -0.396 e. The first kappa shape index (κ1) is 15.2. The van der Waals surface area contributed by atoms with Crippen LogP contribution in [0, 0.1) is 0 Å². The molecule has 20 heavy (non-hydrogen) atoms. The molecule has 5 heteroatoms. The molecular formula is C15H13Br2NO2. The summed E-state index contributed by atoms with van der Waals surface area (Å²) in [7, 11) is 0. The minimum atomic E-state index is -0.165. The molecule has 1 amide bonds. The maximum atomic E-state index is 12.1. The molecular weight excluding hydrogens is 386 g/mol. The van der Waals surface area contributed by atoms with Crippen LogP contribution in [0.4, 0.5) is 5.69 Å². The maximum absolute atomic E-state index is 12.1. The highest BCUT2D eigenvalue weighted by atomic mass is 79.9. The van der Waals surface area contributed by atoms with Crippen LogP contribution in [0.15, 0.2) is 51.4 Å². The van der Waals surface area contributed by atoms with E-state index in [2.05, 4.69) is 37.2 Å². The number of rotatable bonds is 4. The van der Waals surface area contributed by atoms with E-state index in [1.807, 2.05) is 30.3 Å². The Hall–Kier alpha value is -1.17. The molecule has 0 spiro atoms. The number of amides is 1. The summed E-state index contributed by atoms with van der Waals surface area (Å²) in [5, 5.41) is 11.7. The Bertz CT molecular complexity index is 592. The second kappa shape index (κ2) is 7.02. The SMILES string of the molecule is O=C(Nc1ccc(CCO)cc1)c1cc(Br)cc(Br)c1. The average Bonchev–Trinajstić information content (AvgIpc) is 2.40. The summed E-state index contributed by atoms with van der Waals surface area (Å²) in [5.74, 6) is -0.165. The summed E-state index contributed by atoms with van der Waals surface area (Å²) >= 11 is 6.72. The van der Waals surface area contributed by atoms with Crippen molar-refractivity contribution in [3.8, 4) is 0 Å². The number of halogens is 2. The predicted molar refractivity (Wildman–Crippen MR) is 87.0 cm³/mol. The Morgan fingerprint density at radius 3 is 2.20 bits per heavy atom. The third-order valence-electron chi connectivity index (χ3n) is 2.74. The molecule has 0 atom stereocenters. The van der Waals surface area contributed by atoms with Gasteiger partial charge in [-0.1, -0.05) is 44.0 Å². The summed E-state index contributed by atoms with van der Waals surface area (Å²) in [5.41, 5.74) is 2.34. The first-order chi connectivity index (χ1) is 9.58. The number of aliphatic hydroxyl groups excluding tert-OH is 1. The Morgan fingerprint density at radius 1 is 1.05 bits per heavy atom.